The zero-order valence-electron chi connectivity index (χ0n) is 11.4. The molecule has 1 fully saturated rings. The molecule has 1 heterocycles. The minimum absolute atomic E-state index is 0.0684. The molecule has 0 saturated heterocycles. The fourth-order valence-electron chi connectivity index (χ4n) is 2.96. The first-order valence-electron chi connectivity index (χ1n) is 6.95. The first-order valence-corrected chi connectivity index (χ1v) is 7.89. The molecule has 1 amide bonds. The van der Waals surface area contributed by atoms with Gasteiger partial charge in [-0.2, -0.15) is 0 Å². The lowest BCUT2D eigenvalue weighted by Gasteiger charge is -2.35. The van der Waals surface area contributed by atoms with Crippen LogP contribution in [0, 0.1) is 5.41 Å². The van der Waals surface area contributed by atoms with E-state index in [-0.39, 0.29) is 17.7 Å². The van der Waals surface area contributed by atoms with Crippen LogP contribution in [0.25, 0.3) is 0 Å². The third kappa shape index (κ3) is 4.30. The Morgan fingerprint density at radius 1 is 1.30 bits per heavy atom. The van der Waals surface area contributed by atoms with Crippen molar-refractivity contribution < 1.29 is 14.7 Å². The molecule has 1 aliphatic rings. The Hall–Kier alpha value is -1.43. The molecule has 20 heavy (non-hydrogen) atoms. The van der Waals surface area contributed by atoms with Gasteiger partial charge < -0.3 is 10.4 Å². The molecule has 0 aromatic carbocycles. The van der Waals surface area contributed by atoms with Gasteiger partial charge in [-0.15, -0.1) is 11.3 Å². The lowest BCUT2D eigenvalue weighted by Crippen LogP contribution is -2.35. The summed E-state index contributed by atoms with van der Waals surface area (Å²) >= 11 is 1.49. The van der Waals surface area contributed by atoms with Crippen LogP contribution in [0.1, 0.15) is 50.6 Å². The number of nitrogens with zero attached hydrogens (tertiary/aromatic N) is 1. The highest BCUT2D eigenvalue weighted by atomic mass is 32.1. The molecule has 1 aromatic heterocycles. The molecular weight excluding hydrogens is 276 g/mol. The number of rotatable bonds is 6. The van der Waals surface area contributed by atoms with Crippen LogP contribution in [0.4, 0.5) is 0 Å². The zero-order valence-corrected chi connectivity index (χ0v) is 12.2. The average Bonchev–Trinajstić information content (AvgIpc) is 2.89. The van der Waals surface area contributed by atoms with Crippen molar-refractivity contribution in [1.29, 1.82) is 0 Å². The number of carbonyl (C=O) groups is 2. The minimum atomic E-state index is -0.806. The van der Waals surface area contributed by atoms with E-state index in [0.717, 1.165) is 37.8 Å². The third-order valence-corrected chi connectivity index (χ3v) is 4.56. The van der Waals surface area contributed by atoms with Crippen LogP contribution in [0.3, 0.4) is 0 Å². The van der Waals surface area contributed by atoms with E-state index in [4.69, 9.17) is 5.11 Å². The Morgan fingerprint density at radius 3 is 2.65 bits per heavy atom. The summed E-state index contributed by atoms with van der Waals surface area (Å²) in [6, 6.07) is 0. The van der Waals surface area contributed by atoms with Gasteiger partial charge in [0.2, 0.25) is 5.91 Å². The van der Waals surface area contributed by atoms with Crippen molar-refractivity contribution >= 4 is 23.2 Å². The second-order valence-electron chi connectivity index (χ2n) is 5.56. The number of aromatic nitrogens is 1. The molecule has 0 bridgehead atoms. The number of amides is 1. The summed E-state index contributed by atoms with van der Waals surface area (Å²) in [5, 5.41) is 13.8. The molecule has 5 nitrogen and oxygen atoms in total. The van der Waals surface area contributed by atoms with Gasteiger partial charge in [-0.3, -0.25) is 9.59 Å². The van der Waals surface area contributed by atoms with Crippen LogP contribution < -0.4 is 5.32 Å². The quantitative estimate of drug-likeness (QED) is 0.845. The fourth-order valence-corrected chi connectivity index (χ4v) is 3.51. The summed E-state index contributed by atoms with van der Waals surface area (Å²) in [5.41, 5.74) is 2.23. The predicted octanol–water partition coefficient (Wildman–Crippen LogP) is 2.57. The highest BCUT2D eigenvalue weighted by molar-refractivity contribution is 7.07. The monoisotopic (exact) mass is 296 g/mol. The maximum atomic E-state index is 12.1. The molecule has 6 heteroatoms. The number of carboxylic acids is 1. The number of carbonyl (C=O) groups excluding carboxylic acids is 1. The molecule has 2 rings (SSSR count). The van der Waals surface area contributed by atoms with E-state index in [1.807, 2.05) is 5.38 Å². The first-order chi connectivity index (χ1) is 9.60. The maximum Gasteiger partial charge on any atom is 0.303 e. The van der Waals surface area contributed by atoms with Gasteiger partial charge in [-0.25, -0.2) is 4.98 Å². The summed E-state index contributed by atoms with van der Waals surface area (Å²) in [4.78, 5) is 27.2. The second-order valence-corrected chi connectivity index (χ2v) is 6.28. The van der Waals surface area contributed by atoms with Gasteiger partial charge in [0.15, 0.2) is 0 Å². The van der Waals surface area contributed by atoms with E-state index in [2.05, 4.69) is 10.3 Å². The Morgan fingerprint density at radius 2 is 2.05 bits per heavy atom. The molecule has 110 valence electrons. The topological polar surface area (TPSA) is 79.3 Å². The fraction of sp³-hybridized carbons (Fsp3) is 0.643. The van der Waals surface area contributed by atoms with Crippen molar-refractivity contribution in [3.8, 4) is 0 Å². The van der Waals surface area contributed by atoms with Crippen LogP contribution in [0.5, 0.6) is 0 Å². The second kappa shape index (κ2) is 6.83. The molecule has 1 aromatic rings. The van der Waals surface area contributed by atoms with Crippen molar-refractivity contribution in [2.45, 2.75) is 51.5 Å². The third-order valence-electron chi connectivity index (χ3n) is 3.93. The smallest absolute Gasteiger partial charge is 0.303 e. The number of thiazole rings is 1. The predicted molar refractivity (Wildman–Crippen MR) is 76.3 cm³/mol. The van der Waals surface area contributed by atoms with Crippen LogP contribution >= 0.6 is 11.3 Å². The Labute approximate surface area is 122 Å². The molecule has 0 radical (unpaired) electrons. The molecule has 0 atom stereocenters. The summed E-state index contributed by atoms with van der Waals surface area (Å²) < 4.78 is 0. The largest absolute Gasteiger partial charge is 0.481 e. The SMILES string of the molecule is O=C(O)CC1(CC(=O)NCc2cscn2)CCCCC1. The first kappa shape index (κ1) is 15.0. The molecule has 2 N–H and O–H groups in total. The lowest BCUT2D eigenvalue weighted by atomic mass is 9.69. The van der Waals surface area contributed by atoms with Crippen LogP contribution in [0.2, 0.25) is 0 Å². The van der Waals surface area contributed by atoms with E-state index >= 15 is 0 Å². The summed E-state index contributed by atoms with van der Waals surface area (Å²) in [7, 11) is 0. The minimum Gasteiger partial charge on any atom is -0.481 e. The van der Waals surface area contributed by atoms with Gasteiger partial charge in [0.05, 0.1) is 24.2 Å². The number of hydrogen-bond acceptors (Lipinski definition) is 4. The van der Waals surface area contributed by atoms with Crippen molar-refractivity contribution in [2.24, 2.45) is 5.41 Å². The molecule has 0 aliphatic heterocycles. The normalized spacial score (nSPS) is 17.6. The maximum absolute atomic E-state index is 12.1. The summed E-state index contributed by atoms with van der Waals surface area (Å²) in [5.74, 6) is -0.875. The Balaban J connectivity index is 1.89. The standard InChI is InChI=1S/C14H20N2O3S/c17-12(15-8-11-9-20-10-16-11)6-14(7-13(18)19)4-2-1-3-5-14/h9-10H,1-8H2,(H,15,17)(H,18,19). The summed E-state index contributed by atoms with van der Waals surface area (Å²) in [6.07, 6.45) is 5.26. The Kier molecular flexibility index (Phi) is 5.11. The number of carboxylic acid groups (broad SMARTS) is 1. The van der Waals surface area contributed by atoms with E-state index in [9.17, 15) is 9.59 Å². The van der Waals surface area contributed by atoms with Gasteiger partial charge in [0.25, 0.3) is 0 Å². The van der Waals surface area contributed by atoms with E-state index in [0.29, 0.717) is 13.0 Å². The van der Waals surface area contributed by atoms with E-state index < -0.39 is 5.97 Å². The van der Waals surface area contributed by atoms with Gasteiger partial charge in [0.1, 0.15) is 0 Å². The number of aliphatic carboxylic acids is 1. The van der Waals surface area contributed by atoms with Gasteiger partial charge in [-0.1, -0.05) is 19.3 Å². The van der Waals surface area contributed by atoms with Gasteiger partial charge >= 0.3 is 5.97 Å². The Bertz CT molecular complexity index is 453. The number of nitrogens with one attached hydrogen (secondary N) is 1. The molecule has 1 aliphatic carbocycles. The van der Waals surface area contributed by atoms with Gasteiger partial charge in [-0.05, 0) is 18.3 Å². The highest BCUT2D eigenvalue weighted by Crippen LogP contribution is 2.42. The summed E-state index contributed by atoms with van der Waals surface area (Å²) in [6.45, 7) is 0.422. The van der Waals surface area contributed by atoms with Crippen LogP contribution in [-0.4, -0.2) is 22.0 Å². The van der Waals surface area contributed by atoms with E-state index in [1.165, 1.54) is 11.3 Å². The van der Waals surface area contributed by atoms with E-state index in [1.54, 1.807) is 5.51 Å². The highest BCUT2D eigenvalue weighted by Gasteiger charge is 2.36. The average molecular weight is 296 g/mol. The van der Waals surface area contributed by atoms with Crippen molar-refractivity contribution in [3.63, 3.8) is 0 Å². The van der Waals surface area contributed by atoms with Crippen molar-refractivity contribution in [2.75, 3.05) is 0 Å². The lowest BCUT2D eigenvalue weighted by molar-refractivity contribution is -0.141. The van der Waals surface area contributed by atoms with Crippen molar-refractivity contribution in [1.82, 2.24) is 10.3 Å². The molecular formula is C14H20N2O3S. The molecule has 0 spiro atoms. The molecule has 0 unspecified atom stereocenters. The van der Waals surface area contributed by atoms with Crippen LogP contribution in [0.15, 0.2) is 10.9 Å². The zero-order chi connectivity index (χ0) is 14.4. The van der Waals surface area contributed by atoms with Crippen LogP contribution in [-0.2, 0) is 16.1 Å². The number of hydrogen-bond donors (Lipinski definition) is 2. The van der Waals surface area contributed by atoms with Gasteiger partial charge in [0, 0.05) is 11.8 Å². The molecule has 1 saturated carbocycles. The van der Waals surface area contributed by atoms with Crippen molar-refractivity contribution in [3.05, 3.63) is 16.6 Å².